The van der Waals surface area contributed by atoms with Gasteiger partial charge in [-0.25, -0.2) is 0 Å². The van der Waals surface area contributed by atoms with Crippen molar-refractivity contribution in [1.29, 1.82) is 0 Å². The van der Waals surface area contributed by atoms with Crippen LogP contribution < -0.4 is 0 Å². The molecule has 3 heteroatoms. The second-order valence-corrected chi connectivity index (χ2v) is 3.73. The molecule has 1 aliphatic rings. The summed E-state index contributed by atoms with van der Waals surface area (Å²) in [6, 6.07) is 0. The Balaban J connectivity index is 2.50. The van der Waals surface area contributed by atoms with Crippen LogP contribution in [0.15, 0.2) is 12.2 Å². The highest BCUT2D eigenvalue weighted by Gasteiger charge is 2.28. The zero-order valence-electron chi connectivity index (χ0n) is 8.66. The highest BCUT2D eigenvalue weighted by molar-refractivity contribution is 5.71. The lowest BCUT2D eigenvalue weighted by atomic mass is 9.94. The summed E-state index contributed by atoms with van der Waals surface area (Å²) in [5.74, 6) is -0.318. The SMILES string of the molecule is CCOC(=O)CC1(O)C=CCCCC1. The number of aliphatic hydroxyl groups is 1. The fourth-order valence-corrected chi connectivity index (χ4v) is 1.69. The van der Waals surface area contributed by atoms with Gasteiger partial charge in [0.1, 0.15) is 0 Å². The molecule has 80 valence electrons. The van der Waals surface area contributed by atoms with Crippen molar-refractivity contribution in [3.8, 4) is 0 Å². The maximum Gasteiger partial charge on any atom is 0.309 e. The molecule has 0 amide bonds. The van der Waals surface area contributed by atoms with Gasteiger partial charge in [-0.2, -0.15) is 0 Å². The molecule has 1 rings (SSSR count). The van der Waals surface area contributed by atoms with Crippen molar-refractivity contribution in [2.24, 2.45) is 0 Å². The molecule has 0 aromatic rings. The van der Waals surface area contributed by atoms with Crippen LogP contribution in [-0.2, 0) is 9.53 Å². The second kappa shape index (κ2) is 5.15. The molecule has 1 aliphatic carbocycles. The molecule has 0 bridgehead atoms. The van der Waals surface area contributed by atoms with Crippen molar-refractivity contribution in [3.05, 3.63) is 12.2 Å². The van der Waals surface area contributed by atoms with Gasteiger partial charge >= 0.3 is 5.97 Å². The van der Waals surface area contributed by atoms with Gasteiger partial charge in [-0.3, -0.25) is 4.79 Å². The highest BCUT2D eigenvalue weighted by Crippen LogP contribution is 2.24. The quantitative estimate of drug-likeness (QED) is 0.555. The Kier molecular flexibility index (Phi) is 4.14. The Morgan fingerprint density at radius 2 is 2.36 bits per heavy atom. The van der Waals surface area contributed by atoms with Crippen LogP contribution in [0.4, 0.5) is 0 Å². The summed E-state index contributed by atoms with van der Waals surface area (Å²) >= 11 is 0. The van der Waals surface area contributed by atoms with Gasteiger partial charge in [-0.15, -0.1) is 0 Å². The summed E-state index contributed by atoms with van der Waals surface area (Å²) in [6.07, 6.45) is 7.47. The van der Waals surface area contributed by atoms with Gasteiger partial charge < -0.3 is 9.84 Å². The number of hydrogen-bond donors (Lipinski definition) is 1. The van der Waals surface area contributed by atoms with Crippen molar-refractivity contribution in [1.82, 2.24) is 0 Å². The molecular formula is C11H18O3. The first kappa shape index (κ1) is 11.2. The van der Waals surface area contributed by atoms with Crippen molar-refractivity contribution in [3.63, 3.8) is 0 Å². The Labute approximate surface area is 84.8 Å². The van der Waals surface area contributed by atoms with E-state index in [-0.39, 0.29) is 12.4 Å². The lowest BCUT2D eigenvalue weighted by Gasteiger charge is -2.22. The fourth-order valence-electron chi connectivity index (χ4n) is 1.69. The predicted octanol–water partition coefficient (Wildman–Crippen LogP) is 1.80. The van der Waals surface area contributed by atoms with Crippen LogP contribution in [0.25, 0.3) is 0 Å². The molecule has 0 aromatic carbocycles. The first-order chi connectivity index (χ1) is 6.66. The molecule has 1 atom stereocenters. The van der Waals surface area contributed by atoms with E-state index in [9.17, 15) is 9.90 Å². The summed E-state index contributed by atoms with van der Waals surface area (Å²) in [5, 5.41) is 10.1. The zero-order chi connectivity index (χ0) is 10.4. The highest BCUT2D eigenvalue weighted by atomic mass is 16.5. The minimum atomic E-state index is -0.969. The molecule has 0 spiro atoms. The van der Waals surface area contributed by atoms with Gasteiger partial charge in [-0.05, 0) is 32.6 Å². The van der Waals surface area contributed by atoms with Crippen LogP contribution in [0.3, 0.4) is 0 Å². The van der Waals surface area contributed by atoms with Gasteiger partial charge in [-0.1, -0.05) is 12.2 Å². The Morgan fingerprint density at radius 1 is 1.57 bits per heavy atom. The van der Waals surface area contributed by atoms with Crippen LogP contribution in [0.2, 0.25) is 0 Å². The summed E-state index contributed by atoms with van der Waals surface area (Å²) < 4.78 is 4.82. The summed E-state index contributed by atoms with van der Waals surface area (Å²) in [5.41, 5.74) is -0.969. The van der Waals surface area contributed by atoms with Crippen molar-refractivity contribution < 1.29 is 14.6 Å². The number of carbonyl (C=O) groups is 1. The van der Waals surface area contributed by atoms with E-state index >= 15 is 0 Å². The van der Waals surface area contributed by atoms with Crippen LogP contribution in [-0.4, -0.2) is 23.3 Å². The summed E-state index contributed by atoms with van der Waals surface area (Å²) in [6.45, 7) is 2.14. The minimum absolute atomic E-state index is 0.0807. The van der Waals surface area contributed by atoms with Crippen LogP contribution >= 0.6 is 0 Å². The molecule has 1 unspecified atom stereocenters. The van der Waals surface area contributed by atoms with Crippen LogP contribution in [0.1, 0.15) is 39.0 Å². The molecule has 0 saturated carbocycles. The van der Waals surface area contributed by atoms with E-state index in [1.165, 1.54) is 0 Å². The van der Waals surface area contributed by atoms with Crippen molar-refractivity contribution in [2.45, 2.75) is 44.6 Å². The smallest absolute Gasteiger partial charge is 0.309 e. The van der Waals surface area contributed by atoms with E-state index < -0.39 is 5.60 Å². The minimum Gasteiger partial charge on any atom is -0.466 e. The Hall–Kier alpha value is -0.830. The van der Waals surface area contributed by atoms with Gasteiger partial charge in [0.25, 0.3) is 0 Å². The monoisotopic (exact) mass is 198 g/mol. The maximum absolute atomic E-state index is 11.2. The predicted molar refractivity (Wildman–Crippen MR) is 53.8 cm³/mol. The zero-order valence-corrected chi connectivity index (χ0v) is 8.66. The summed E-state index contributed by atoms with van der Waals surface area (Å²) in [7, 11) is 0. The average Bonchev–Trinajstić information content (AvgIpc) is 2.30. The van der Waals surface area contributed by atoms with Crippen LogP contribution in [0, 0.1) is 0 Å². The first-order valence-electron chi connectivity index (χ1n) is 5.22. The van der Waals surface area contributed by atoms with Crippen molar-refractivity contribution in [2.75, 3.05) is 6.61 Å². The lowest BCUT2D eigenvalue weighted by Crippen LogP contribution is -2.29. The Bertz CT molecular complexity index is 223. The molecule has 0 radical (unpaired) electrons. The molecule has 0 heterocycles. The van der Waals surface area contributed by atoms with Gasteiger partial charge in [0.2, 0.25) is 0 Å². The molecule has 0 aromatic heterocycles. The number of hydrogen-bond acceptors (Lipinski definition) is 3. The standard InChI is InChI=1S/C11H18O3/c1-2-14-10(12)9-11(13)7-5-3-4-6-8-11/h5,7,13H,2-4,6,8-9H2,1H3. The molecule has 0 aliphatic heterocycles. The number of ether oxygens (including phenoxy) is 1. The number of carbonyl (C=O) groups excluding carboxylic acids is 1. The van der Waals surface area contributed by atoms with Gasteiger partial charge in [0.15, 0.2) is 0 Å². The molecule has 0 fully saturated rings. The van der Waals surface area contributed by atoms with E-state index in [2.05, 4.69) is 0 Å². The second-order valence-electron chi connectivity index (χ2n) is 3.73. The molecule has 1 N–H and O–H groups in total. The maximum atomic E-state index is 11.2. The number of allylic oxidation sites excluding steroid dienone is 1. The van der Waals surface area contributed by atoms with Gasteiger partial charge in [0.05, 0.1) is 18.6 Å². The Morgan fingerprint density at radius 3 is 3.07 bits per heavy atom. The van der Waals surface area contributed by atoms with E-state index in [4.69, 9.17) is 4.74 Å². The molecular weight excluding hydrogens is 180 g/mol. The lowest BCUT2D eigenvalue weighted by molar-refractivity contribution is -0.147. The molecule has 0 saturated heterocycles. The molecule has 14 heavy (non-hydrogen) atoms. The average molecular weight is 198 g/mol. The number of rotatable bonds is 3. The number of esters is 1. The third-order valence-corrected chi connectivity index (χ3v) is 2.41. The fraction of sp³-hybridized carbons (Fsp3) is 0.727. The summed E-state index contributed by atoms with van der Waals surface area (Å²) in [4.78, 5) is 11.2. The van der Waals surface area contributed by atoms with E-state index in [1.807, 2.05) is 6.08 Å². The van der Waals surface area contributed by atoms with Crippen molar-refractivity contribution >= 4 is 5.97 Å². The third kappa shape index (κ3) is 3.50. The first-order valence-corrected chi connectivity index (χ1v) is 5.22. The largest absolute Gasteiger partial charge is 0.466 e. The van der Waals surface area contributed by atoms with Gasteiger partial charge in [0, 0.05) is 0 Å². The van der Waals surface area contributed by atoms with Crippen LogP contribution in [0.5, 0.6) is 0 Å². The normalized spacial score (nSPS) is 27.0. The topological polar surface area (TPSA) is 46.5 Å². The third-order valence-electron chi connectivity index (χ3n) is 2.41. The van der Waals surface area contributed by atoms with E-state index in [0.717, 1.165) is 19.3 Å². The van der Waals surface area contributed by atoms with E-state index in [0.29, 0.717) is 13.0 Å². The molecule has 3 nitrogen and oxygen atoms in total. The van der Waals surface area contributed by atoms with E-state index in [1.54, 1.807) is 13.0 Å².